The SMILES string of the molecule is N[C@H]1C(=O)Cc2c(F)cc(F)cc2[C@H]2C[C@H]21.O=C(N[C@H]1C(=O)Cc2c(F)cc(F)cc2[C@H]2C[C@H]21)c1cn(Cc2ccccc2)nn1.O=C(O)c1cn(Cc2ccccc2)nn1. The zero-order valence-electron chi connectivity index (χ0n) is 32.3. The molecule has 0 spiro atoms. The summed E-state index contributed by atoms with van der Waals surface area (Å²) in [5.41, 5.74) is 9.66. The van der Waals surface area contributed by atoms with E-state index in [2.05, 4.69) is 25.9 Å². The van der Waals surface area contributed by atoms with Crippen LogP contribution in [0.1, 0.15) is 79.0 Å². The minimum atomic E-state index is -1.06. The molecule has 4 aliphatic carbocycles. The molecule has 2 heterocycles. The molecule has 6 aromatic rings. The molecule has 0 radical (unpaired) electrons. The molecule has 61 heavy (non-hydrogen) atoms. The molecule has 6 atom stereocenters. The van der Waals surface area contributed by atoms with Gasteiger partial charge in [-0.25, -0.2) is 31.7 Å². The van der Waals surface area contributed by atoms with Crippen LogP contribution >= 0.6 is 0 Å². The quantitative estimate of drug-likeness (QED) is 0.181. The Hall–Kier alpha value is -6.88. The van der Waals surface area contributed by atoms with E-state index in [-0.39, 0.29) is 65.0 Å². The van der Waals surface area contributed by atoms with Crippen LogP contribution in [0, 0.1) is 35.1 Å². The summed E-state index contributed by atoms with van der Waals surface area (Å²) < 4.78 is 57.6. The maximum atomic E-state index is 14.2. The maximum absolute atomic E-state index is 14.2. The van der Waals surface area contributed by atoms with E-state index < -0.39 is 47.2 Å². The molecular formula is C44H38F4N8O5. The van der Waals surface area contributed by atoms with Gasteiger partial charge in [0.25, 0.3) is 5.91 Å². The van der Waals surface area contributed by atoms with Gasteiger partial charge in [-0.1, -0.05) is 71.1 Å². The summed E-state index contributed by atoms with van der Waals surface area (Å²) in [7, 11) is 0. The van der Waals surface area contributed by atoms with E-state index in [9.17, 15) is 36.7 Å². The van der Waals surface area contributed by atoms with Gasteiger partial charge in [0.05, 0.1) is 37.6 Å². The molecule has 13 nitrogen and oxygen atoms in total. The van der Waals surface area contributed by atoms with Gasteiger partial charge in [0.15, 0.2) is 23.0 Å². The first-order valence-electron chi connectivity index (χ1n) is 19.5. The standard InChI is InChI=1S/C22H18F2N4O2.C12H11F2NO.C10H9N3O2/c23-13-6-14-15-8-17(15)21(20(29)9-16(14)18(24)7-13)25-22(30)19-11-28(27-26-19)10-12-4-2-1-3-5-12;13-5-1-6-7-3-9(7)12(15)11(16)4-8(6)10(14)2-5;14-10(15)9-7-13(12-11-9)6-8-4-2-1-3-5-8/h1-7,11,15,17,21H,8-10H2,(H,25,30);1-2,7,9,12H,3-4,15H2;1-5,7H,6H2,(H,14,15)/t15-,17-,21-;7-,9-,12-;/m11./s1. The number of hydrogen-bond acceptors (Lipinski definition) is 9. The van der Waals surface area contributed by atoms with Crippen LogP contribution in [0.15, 0.2) is 97.3 Å². The van der Waals surface area contributed by atoms with E-state index >= 15 is 0 Å². The molecule has 17 heteroatoms. The number of benzene rings is 4. The van der Waals surface area contributed by atoms with Gasteiger partial charge in [0.1, 0.15) is 23.3 Å². The van der Waals surface area contributed by atoms with Gasteiger partial charge in [-0.15, -0.1) is 10.2 Å². The molecule has 4 aliphatic rings. The van der Waals surface area contributed by atoms with Gasteiger partial charge < -0.3 is 16.2 Å². The average molecular weight is 835 g/mol. The number of aromatic nitrogens is 6. The highest BCUT2D eigenvalue weighted by molar-refractivity contribution is 5.97. The molecule has 0 unspecified atom stereocenters. The Morgan fingerprint density at radius 1 is 0.689 bits per heavy atom. The van der Waals surface area contributed by atoms with Crippen molar-refractivity contribution in [2.75, 3.05) is 0 Å². The molecule has 2 fully saturated rings. The predicted molar refractivity (Wildman–Crippen MR) is 209 cm³/mol. The van der Waals surface area contributed by atoms with Crippen LogP contribution in [0.2, 0.25) is 0 Å². The van der Waals surface area contributed by atoms with Gasteiger partial charge in [0, 0.05) is 25.0 Å². The zero-order valence-corrected chi connectivity index (χ0v) is 32.3. The van der Waals surface area contributed by atoms with Crippen molar-refractivity contribution in [3.63, 3.8) is 0 Å². The van der Waals surface area contributed by atoms with Crippen molar-refractivity contribution in [1.82, 2.24) is 35.3 Å². The normalized spacial score (nSPS) is 21.7. The Bertz CT molecular complexity index is 2640. The van der Waals surface area contributed by atoms with E-state index in [1.165, 1.54) is 29.2 Å². The Balaban J connectivity index is 0.000000139. The van der Waals surface area contributed by atoms with Crippen LogP contribution in [0.5, 0.6) is 0 Å². The highest BCUT2D eigenvalue weighted by atomic mass is 19.1. The number of nitrogens with zero attached hydrogens (tertiary/aromatic N) is 6. The van der Waals surface area contributed by atoms with Crippen molar-refractivity contribution in [2.24, 2.45) is 17.6 Å². The fraction of sp³-hybridized carbons (Fsp3) is 0.273. The topological polar surface area (TPSA) is 188 Å². The second kappa shape index (κ2) is 17.0. The van der Waals surface area contributed by atoms with Gasteiger partial charge in [-0.3, -0.25) is 14.4 Å². The molecule has 10 rings (SSSR count). The lowest BCUT2D eigenvalue weighted by Crippen LogP contribution is -2.43. The van der Waals surface area contributed by atoms with Crippen molar-refractivity contribution in [2.45, 2.75) is 62.7 Å². The number of rotatable bonds is 7. The van der Waals surface area contributed by atoms with Gasteiger partial charge in [-0.2, -0.15) is 0 Å². The number of nitrogens with two attached hydrogens (primary N) is 1. The molecule has 2 saturated carbocycles. The molecule has 4 aromatic carbocycles. The van der Waals surface area contributed by atoms with E-state index in [1.54, 1.807) is 4.68 Å². The number of fused-ring (bicyclic) bond motifs is 6. The highest BCUT2D eigenvalue weighted by Crippen LogP contribution is 2.54. The van der Waals surface area contributed by atoms with Crippen molar-refractivity contribution in [3.05, 3.63) is 165 Å². The van der Waals surface area contributed by atoms with Crippen LogP contribution in [-0.4, -0.2) is 70.6 Å². The number of hydrogen-bond donors (Lipinski definition) is 3. The van der Waals surface area contributed by atoms with Crippen LogP contribution < -0.4 is 11.1 Å². The van der Waals surface area contributed by atoms with Gasteiger partial charge in [0.2, 0.25) is 0 Å². The first-order chi connectivity index (χ1) is 29.3. The molecule has 1 amide bonds. The lowest BCUT2D eigenvalue weighted by molar-refractivity contribution is -0.121. The number of amides is 1. The zero-order chi connectivity index (χ0) is 42.9. The fourth-order valence-corrected chi connectivity index (χ4v) is 8.14. The number of ketones is 2. The summed E-state index contributed by atoms with van der Waals surface area (Å²) in [6.45, 7) is 0.995. The summed E-state index contributed by atoms with van der Waals surface area (Å²) in [6, 6.07) is 22.3. The second-order valence-electron chi connectivity index (χ2n) is 15.6. The van der Waals surface area contributed by atoms with Gasteiger partial charge in [-0.05, 0) is 82.0 Å². The van der Waals surface area contributed by atoms with E-state index in [4.69, 9.17) is 10.8 Å². The van der Waals surface area contributed by atoms with Crippen molar-refractivity contribution >= 4 is 23.4 Å². The van der Waals surface area contributed by atoms with E-state index in [0.29, 0.717) is 36.2 Å². The maximum Gasteiger partial charge on any atom is 0.358 e. The Kier molecular flexibility index (Phi) is 11.4. The third-order valence-electron chi connectivity index (χ3n) is 11.4. The molecule has 2 aromatic heterocycles. The smallest absolute Gasteiger partial charge is 0.358 e. The lowest BCUT2D eigenvalue weighted by atomic mass is 9.99. The minimum Gasteiger partial charge on any atom is -0.476 e. The van der Waals surface area contributed by atoms with Crippen molar-refractivity contribution < 1.29 is 41.8 Å². The third-order valence-corrected chi connectivity index (χ3v) is 11.4. The third kappa shape index (κ3) is 9.16. The monoisotopic (exact) mass is 834 g/mol. The number of aromatic carboxylic acids is 1. The first-order valence-corrected chi connectivity index (χ1v) is 19.5. The number of carbonyl (C=O) groups is 4. The first kappa shape index (κ1) is 40.9. The number of Topliss-reactive ketones (excluding diaryl/α,β-unsaturated/α-hetero) is 2. The van der Waals surface area contributed by atoms with Crippen LogP contribution in [-0.2, 0) is 35.5 Å². The lowest BCUT2D eigenvalue weighted by Gasteiger charge is -2.15. The summed E-state index contributed by atoms with van der Waals surface area (Å²) in [5, 5.41) is 26.5. The summed E-state index contributed by atoms with van der Waals surface area (Å²) in [5.74, 6) is -4.69. The van der Waals surface area contributed by atoms with Gasteiger partial charge >= 0.3 is 5.97 Å². The molecule has 312 valence electrons. The summed E-state index contributed by atoms with van der Waals surface area (Å²) in [6.07, 6.45) is 4.14. The molecule has 0 saturated heterocycles. The Morgan fingerprint density at radius 3 is 1.69 bits per heavy atom. The number of carboxylic acids is 1. The Morgan fingerprint density at radius 2 is 1.16 bits per heavy atom. The number of carboxylic acid groups (broad SMARTS) is 1. The Labute approximate surface area is 345 Å². The summed E-state index contributed by atoms with van der Waals surface area (Å²) in [4.78, 5) is 47.6. The number of carbonyl (C=O) groups excluding carboxylic acids is 3. The fourth-order valence-electron chi connectivity index (χ4n) is 8.14. The molecule has 0 bridgehead atoms. The van der Waals surface area contributed by atoms with Crippen LogP contribution in [0.3, 0.4) is 0 Å². The molecule has 4 N–H and O–H groups in total. The van der Waals surface area contributed by atoms with Crippen LogP contribution in [0.4, 0.5) is 17.6 Å². The summed E-state index contributed by atoms with van der Waals surface area (Å²) >= 11 is 0. The predicted octanol–water partition coefficient (Wildman–Crippen LogP) is 5.18. The minimum absolute atomic E-state index is 0.00435. The van der Waals surface area contributed by atoms with Crippen molar-refractivity contribution in [1.29, 1.82) is 0 Å². The number of nitrogens with one attached hydrogen (secondary N) is 1. The van der Waals surface area contributed by atoms with E-state index in [0.717, 1.165) is 29.7 Å². The molecular weight excluding hydrogens is 797 g/mol. The second-order valence-corrected chi connectivity index (χ2v) is 15.6. The number of halogens is 4. The highest BCUT2D eigenvalue weighted by Gasteiger charge is 2.51. The largest absolute Gasteiger partial charge is 0.476 e. The average Bonchev–Trinajstić information content (AvgIpc) is 4.12. The molecule has 0 aliphatic heterocycles. The van der Waals surface area contributed by atoms with Crippen molar-refractivity contribution in [3.8, 4) is 0 Å². The van der Waals surface area contributed by atoms with Crippen LogP contribution in [0.25, 0.3) is 0 Å². The van der Waals surface area contributed by atoms with E-state index in [1.807, 2.05) is 60.7 Å².